The number of nitrogens with one attached hydrogen (secondary N) is 2. The monoisotopic (exact) mass is 392 g/mol. The first-order chi connectivity index (χ1) is 14.0. The number of aromatic amines is 1. The summed E-state index contributed by atoms with van der Waals surface area (Å²) in [4.78, 5) is 23.1. The van der Waals surface area contributed by atoms with E-state index >= 15 is 0 Å². The molecule has 0 spiro atoms. The lowest BCUT2D eigenvalue weighted by Gasteiger charge is -2.30. The number of carbonyl (C=O) groups is 1. The Bertz CT molecular complexity index is 996. The third-order valence-electron chi connectivity index (χ3n) is 5.70. The van der Waals surface area contributed by atoms with E-state index in [2.05, 4.69) is 52.2 Å². The van der Waals surface area contributed by atoms with E-state index in [0.717, 1.165) is 60.0 Å². The SMILES string of the molecule is Cc1cc2nc(CCNC(=O)c3cccc(N4CCOCC4)c3C)[nH]c2cc1C. The van der Waals surface area contributed by atoms with Crippen LogP contribution in [0.4, 0.5) is 5.69 Å². The maximum Gasteiger partial charge on any atom is 0.251 e. The molecular formula is C23H28N4O2. The van der Waals surface area contributed by atoms with Gasteiger partial charge in [-0.05, 0) is 61.7 Å². The molecule has 0 atom stereocenters. The van der Waals surface area contributed by atoms with E-state index in [1.54, 1.807) is 0 Å². The Hall–Kier alpha value is -2.86. The summed E-state index contributed by atoms with van der Waals surface area (Å²) in [6.45, 7) is 9.92. The predicted octanol–water partition coefficient (Wildman–Crippen LogP) is 3.30. The normalized spacial score (nSPS) is 14.4. The van der Waals surface area contributed by atoms with E-state index in [9.17, 15) is 4.79 Å². The molecule has 1 saturated heterocycles. The van der Waals surface area contributed by atoms with Crippen LogP contribution in [0.15, 0.2) is 30.3 Å². The van der Waals surface area contributed by atoms with Gasteiger partial charge in [-0.25, -0.2) is 4.98 Å². The fourth-order valence-electron chi connectivity index (χ4n) is 3.85. The number of aromatic nitrogens is 2. The molecule has 1 fully saturated rings. The number of ether oxygens (including phenoxy) is 1. The minimum absolute atomic E-state index is 0.0413. The smallest absolute Gasteiger partial charge is 0.251 e. The van der Waals surface area contributed by atoms with Crippen LogP contribution >= 0.6 is 0 Å². The van der Waals surface area contributed by atoms with Gasteiger partial charge in [-0.2, -0.15) is 0 Å². The number of anilines is 1. The number of nitrogens with zero attached hydrogens (tertiary/aromatic N) is 2. The van der Waals surface area contributed by atoms with Gasteiger partial charge in [-0.3, -0.25) is 4.79 Å². The maximum absolute atomic E-state index is 12.8. The number of morpholine rings is 1. The topological polar surface area (TPSA) is 70.2 Å². The van der Waals surface area contributed by atoms with Crippen LogP contribution in [0, 0.1) is 20.8 Å². The molecule has 0 aliphatic carbocycles. The highest BCUT2D eigenvalue weighted by Gasteiger charge is 2.17. The minimum atomic E-state index is -0.0413. The summed E-state index contributed by atoms with van der Waals surface area (Å²) < 4.78 is 5.44. The number of hydrogen-bond acceptors (Lipinski definition) is 4. The van der Waals surface area contributed by atoms with Crippen molar-refractivity contribution in [3.05, 3.63) is 58.4 Å². The second-order valence-corrected chi connectivity index (χ2v) is 7.69. The molecule has 0 unspecified atom stereocenters. The van der Waals surface area contributed by atoms with E-state index in [-0.39, 0.29) is 5.91 Å². The summed E-state index contributed by atoms with van der Waals surface area (Å²) in [6, 6.07) is 10.2. The number of carbonyl (C=O) groups excluding carboxylic acids is 1. The van der Waals surface area contributed by atoms with Crippen LogP contribution in [-0.2, 0) is 11.2 Å². The highest BCUT2D eigenvalue weighted by atomic mass is 16.5. The molecule has 152 valence electrons. The van der Waals surface area contributed by atoms with E-state index in [1.165, 1.54) is 11.1 Å². The molecule has 29 heavy (non-hydrogen) atoms. The lowest BCUT2D eigenvalue weighted by Crippen LogP contribution is -2.37. The van der Waals surface area contributed by atoms with Crippen LogP contribution in [0.1, 0.15) is 32.9 Å². The van der Waals surface area contributed by atoms with Gasteiger partial charge < -0.3 is 19.9 Å². The summed E-state index contributed by atoms with van der Waals surface area (Å²) in [5, 5.41) is 3.04. The van der Waals surface area contributed by atoms with Gasteiger partial charge in [0, 0.05) is 37.3 Å². The number of rotatable bonds is 5. The van der Waals surface area contributed by atoms with Crippen molar-refractivity contribution >= 4 is 22.6 Å². The van der Waals surface area contributed by atoms with Crippen molar-refractivity contribution in [2.75, 3.05) is 37.7 Å². The Balaban J connectivity index is 1.41. The Labute approximate surface area is 171 Å². The van der Waals surface area contributed by atoms with Crippen LogP contribution < -0.4 is 10.2 Å². The second kappa shape index (κ2) is 8.25. The average molecular weight is 393 g/mol. The number of aryl methyl sites for hydroxylation is 2. The van der Waals surface area contributed by atoms with Gasteiger partial charge >= 0.3 is 0 Å². The van der Waals surface area contributed by atoms with Gasteiger partial charge in [0.05, 0.1) is 24.2 Å². The molecule has 0 bridgehead atoms. The number of imidazole rings is 1. The average Bonchev–Trinajstić information content (AvgIpc) is 3.10. The summed E-state index contributed by atoms with van der Waals surface area (Å²) in [6.07, 6.45) is 0.667. The Kier molecular flexibility index (Phi) is 5.53. The van der Waals surface area contributed by atoms with Crippen molar-refractivity contribution in [2.24, 2.45) is 0 Å². The molecule has 1 aliphatic heterocycles. The molecule has 6 heteroatoms. The van der Waals surface area contributed by atoms with Crippen molar-refractivity contribution in [3.8, 4) is 0 Å². The molecule has 3 aromatic rings. The van der Waals surface area contributed by atoms with Crippen molar-refractivity contribution in [3.63, 3.8) is 0 Å². The Morgan fingerprint density at radius 1 is 1.17 bits per heavy atom. The molecule has 2 heterocycles. The molecule has 4 rings (SSSR count). The molecule has 0 saturated carbocycles. The first-order valence-corrected chi connectivity index (χ1v) is 10.2. The summed E-state index contributed by atoms with van der Waals surface area (Å²) in [5.41, 5.74) is 7.36. The fourth-order valence-corrected chi connectivity index (χ4v) is 3.85. The predicted molar refractivity (Wildman–Crippen MR) is 116 cm³/mol. The molecule has 1 aromatic heterocycles. The molecular weight excluding hydrogens is 364 g/mol. The fraction of sp³-hybridized carbons (Fsp3) is 0.391. The van der Waals surface area contributed by atoms with Crippen molar-refractivity contribution in [1.29, 1.82) is 0 Å². The number of amides is 1. The van der Waals surface area contributed by atoms with Gasteiger partial charge in [-0.1, -0.05) is 6.07 Å². The standard InChI is InChI=1S/C23H28N4O2/c1-15-13-19-20(14-16(15)2)26-22(25-19)7-8-24-23(28)18-5-4-6-21(17(18)3)27-9-11-29-12-10-27/h4-6,13-14H,7-12H2,1-3H3,(H,24,28)(H,25,26). The molecule has 1 aliphatic rings. The third kappa shape index (κ3) is 4.12. The maximum atomic E-state index is 12.8. The zero-order valence-corrected chi connectivity index (χ0v) is 17.3. The lowest BCUT2D eigenvalue weighted by molar-refractivity contribution is 0.0953. The van der Waals surface area contributed by atoms with E-state index in [1.807, 2.05) is 19.1 Å². The highest BCUT2D eigenvalue weighted by molar-refractivity contribution is 5.97. The lowest BCUT2D eigenvalue weighted by atomic mass is 10.0. The highest BCUT2D eigenvalue weighted by Crippen LogP contribution is 2.24. The summed E-state index contributed by atoms with van der Waals surface area (Å²) in [7, 11) is 0. The van der Waals surface area contributed by atoms with Crippen molar-refractivity contribution in [1.82, 2.24) is 15.3 Å². The second-order valence-electron chi connectivity index (χ2n) is 7.69. The zero-order chi connectivity index (χ0) is 20.4. The van der Waals surface area contributed by atoms with Crippen LogP contribution in [-0.4, -0.2) is 48.7 Å². The van der Waals surface area contributed by atoms with E-state index < -0.39 is 0 Å². The van der Waals surface area contributed by atoms with Crippen LogP contribution in [0.25, 0.3) is 11.0 Å². The van der Waals surface area contributed by atoms with Crippen LogP contribution in [0.3, 0.4) is 0 Å². The number of H-pyrrole nitrogens is 1. The Morgan fingerprint density at radius 3 is 2.72 bits per heavy atom. The van der Waals surface area contributed by atoms with Crippen molar-refractivity contribution < 1.29 is 9.53 Å². The van der Waals surface area contributed by atoms with Crippen molar-refractivity contribution in [2.45, 2.75) is 27.2 Å². The summed E-state index contributed by atoms with van der Waals surface area (Å²) >= 11 is 0. The number of benzene rings is 2. The van der Waals surface area contributed by atoms with Gasteiger partial charge in [0.15, 0.2) is 0 Å². The van der Waals surface area contributed by atoms with Gasteiger partial charge in [0.25, 0.3) is 5.91 Å². The van der Waals surface area contributed by atoms with E-state index in [0.29, 0.717) is 13.0 Å². The molecule has 1 amide bonds. The van der Waals surface area contributed by atoms with Gasteiger partial charge in [0.1, 0.15) is 5.82 Å². The molecule has 0 radical (unpaired) electrons. The van der Waals surface area contributed by atoms with Gasteiger partial charge in [0.2, 0.25) is 0 Å². The van der Waals surface area contributed by atoms with E-state index in [4.69, 9.17) is 4.74 Å². The number of fused-ring (bicyclic) bond motifs is 1. The minimum Gasteiger partial charge on any atom is -0.378 e. The Morgan fingerprint density at radius 2 is 1.93 bits per heavy atom. The molecule has 2 aromatic carbocycles. The molecule has 2 N–H and O–H groups in total. The first kappa shape index (κ1) is 19.5. The number of hydrogen-bond donors (Lipinski definition) is 2. The molecule has 6 nitrogen and oxygen atoms in total. The third-order valence-corrected chi connectivity index (χ3v) is 5.70. The van der Waals surface area contributed by atoms with Gasteiger partial charge in [-0.15, -0.1) is 0 Å². The first-order valence-electron chi connectivity index (χ1n) is 10.2. The zero-order valence-electron chi connectivity index (χ0n) is 17.3. The van der Waals surface area contributed by atoms with Crippen LogP contribution in [0.5, 0.6) is 0 Å². The van der Waals surface area contributed by atoms with Crippen LogP contribution in [0.2, 0.25) is 0 Å². The quantitative estimate of drug-likeness (QED) is 0.699. The summed E-state index contributed by atoms with van der Waals surface area (Å²) in [5.74, 6) is 0.851. The largest absolute Gasteiger partial charge is 0.378 e.